The molecule has 9 nitrogen and oxygen atoms in total. The lowest BCUT2D eigenvalue weighted by molar-refractivity contribution is 0.0634. The number of nitrogens with one attached hydrogen (secondary N) is 2. The van der Waals surface area contributed by atoms with Gasteiger partial charge in [-0.15, -0.1) is 5.10 Å². The molecule has 2 heterocycles. The fraction of sp³-hybridized carbons (Fsp3) is 0.571. The van der Waals surface area contributed by atoms with Crippen LogP contribution in [-0.2, 0) is 31.9 Å². The van der Waals surface area contributed by atoms with Crippen molar-refractivity contribution in [3.63, 3.8) is 0 Å². The molecule has 0 saturated heterocycles. The van der Waals surface area contributed by atoms with Gasteiger partial charge in [0.25, 0.3) is 0 Å². The molecule has 0 aromatic carbocycles. The average molecular weight is 321 g/mol. The first kappa shape index (κ1) is 16.9. The van der Waals surface area contributed by atoms with Crippen molar-refractivity contribution < 1.29 is 9.53 Å². The van der Waals surface area contributed by atoms with E-state index in [2.05, 4.69) is 26.0 Å². The molecule has 0 aliphatic heterocycles. The minimum absolute atomic E-state index is 0.502. The predicted molar refractivity (Wildman–Crippen MR) is 84.6 cm³/mol. The average Bonchev–Trinajstić information content (AvgIpc) is 2.97. The van der Waals surface area contributed by atoms with Crippen molar-refractivity contribution >= 4 is 11.9 Å². The molecule has 2 aromatic heterocycles. The van der Waals surface area contributed by atoms with Crippen molar-refractivity contribution in [2.45, 2.75) is 39.5 Å². The van der Waals surface area contributed by atoms with Crippen LogP contribution in [0.3, 0.4) is 0 Å². The summed E-state index contributed by atoms with van der Waals surface area (Å²) < 4.78 is 8.58. The van der Waals surface area contributed by atoms with E-state index >= 15 is 0 Å². The Morgan fingerprint density at radius 1 is 1.22 bits per heavy atom. The molecule has 0 atom stereocenters. The summed E-state index contributed by atoms with van der Waals surface area (Å²) in [4.78, 5) is 11.9. The van der Waals surface area contributed by atoms with Crippen LogP contribution in [0.15, 0.2) is 12.4 Å². The van der Waals surface area contributed by atoms with Gasteiger partial charge in [0.05, 0.1) is 18.1 Å². The Morgan fingerprint density at radius 2 is 1.96 bits per heavy atom. The second-order valence-electron chi connectivity index (χ2n) is 6.22. The molecule has 0 unspecified atom stereocenters. The Bertz CT molecular complexity index is 669. The Morgan fingerprint density at radius 3 is 2.57 bits per heavy atom. The summed E-state index contributed by atoms with van der Waals surface area (Å²) in [6.07, 6.45) is 2.91. The number of aromatic nitrogens is 5. The number of hydrogen-bond donors (Lipinski definition) is 2. The quantitative estimate of drug-likeness (QED) is 0.858. The van der Waals surface area contributed by atoms with Gasteiger partial charge >= 0.3 is 6.09 Å². The number of aryl methyl sites for hydroxylation is 2. The van der Waals surface area contributed by atoms with Crippen LogP contribution in [0.4, 0.5) is 10.6 Å². The third-order valence-corrected chi connectivity index (χ3v) is 3.06. The summed E-state index contributed by atoms with van der Waals surface area (Å²) in [7, 11) is 3.60. The van der Waals surface area contributed by atoms with Crippen LogP contribution in [-0.4, -0.2) is 36.5 Å². The summed E-state index contributed by atoms with van der Waals surface area (Å²) in [5.74, 6) is 0.606. The van der Waals surface area contributed by atoms with Gasteiger partial charge in [-0.25, -0.2) is 4.79 Å². The summed E-state index contributed by atoms with van der Waals surface area (Å²) in [5, 5.41) is 17.9. The van der Waals surface area contributed by atoms with Crippen LogP contribution in [0.25, 0.3) is 0 Å². The summed E-state index contributed by atoms with van der Waals surface area (Å²) in [6, 6.07) is 0. The minimum Gasteiger partial charge on any atom is -0.444 e. The molecule has 2 N–H and O–H groups in total. The van der Waals surface area contributed by atoms with Crippen LogP contribution in [0, 0.1) is 0 Å². The molecule has 0 spiro atoms. The van der Waals surface area contributed by atoms with Crippen LogP contribution in [0.1, 0.15) is 32.0 Å². The highest BCUT2D eigenvalue weighted by molar-refractivity contribution is 5.84. The molecule has 1 amide bonds. The van der Waals surface area contributed by atoms with Crippen LogP contribution >= 0.6 is 0 Å². The molecule has 2 aromatic rings. The van der Waals surface area contributed by atoms with E-state index in [0.29, 0.717) is 18.9 Å². The van der Waals surface area contributed by atoms with E-state index in [9.17, 15) is 4.79 Å². The van der Waals surface area contributed by atoms with Gasteiger partial charge in [0.2, 0.25) is 0 Å². The molecular formula is C14H23N7O2. The molecular weight excluding hydrogens is 298 g/mol. The molecule has 126 valence electrons. The fourth-order valence-electron chi connectivity index (χ4n) is 1.97. The third kappa shape index (κ3) is 4.78. The van der Waals surface area contributed by atoms with Gasteiger partial charge in [-0.2, -0.15) is 5.10 Å². The highest BCUT2D eigenvalue weighted by atomic mass is 16.6. The van der Waals surface area contributed by atoms with Crippen molar-refractivity contribution in [1.82, 2.24) is 30.1 Å². The first-order valence-electron chi connectivity index (χ1n) is 7.31. The zero-order valence-corrected chi connectivity index (χ0v) is 14.1. The largest absolute Gasteiger partial charge is 0.444 e. The van der Waals surface area contributed by atoms with E-state index in [-0.39, 0.29) is 0 Å². The summed E-state index contributed by atoms with van der Waals surface area (Å²) >= 11 is 0. The van der Waals surface area contributed by atoms with Gasteiger partial charge < -0.3 is 10.1 Å². The van der Waals surface area contributed by atoms with E-state index in [1.54, 1.807) is 28.8 Å². The van der Waals surface area contributed by atoms with E-state index in [0.717, 1.165) is 11.3 Å². The highest BCUT2D eigenvalue weighted by Crippen LogP contribution is 2.16. The molecule has 0 saturated carbocycles. The molecule has 23 heavy (non-hydrogen) atoms. The maximum atomic E-state index is 11.9. The maximum absolute atomic E-state index is 11.9. The molecule has 0 aliphatic rings. The van der Waals surface area contributed by atoms with Gasteiger partial charge in [0.15, 0.2) is 0 Å². The zero-order chi connectivity index (χ0) is 17.0. The first-order valence-corrected chi connectivity index (χ1v) is 7.31. The van der Waals surface area contributed by atoms with Crippen molar-refractivity contribution in [2.75, 3.05) is 5.32 Å². The molecule has 0 bridgehead atoms. The minimum atomic E-state index is -0.548. The van der Waals surface area contributed by atoms with E-state index < -0.39 is 11.7 Å². The molecule has 0 radical (unpaired) electrons. The first-order chi connectivity index (χ1) is 10.8. The second kappa shape index (κ2) is 6.78. The van der Waals surface area contributed by atoms with E-state index in [4.69, 9.17) is 4.74 Å². The third-order valence-electron chi connectivity index (χ3n) is 3.06. The normalized spacial score (nSPS) is 11.5. The monoisotopic (exact) mass is 321 g/mol. The lowest BCUT2D eigenvalue weighted by atomic mass is 10.2. The number of amides is 1. The molecule has 2 rings (SSSR count). The Hall–Kier alpha value is -2.42. The molecule has 9 heteroatoms. The molecule has 0 aliphatic carbocycles. The number of carbonyl (C=O) groups excluding carboxylic acids is 1. The van der Waals surface area contributed by atoms with Crippen LogP contribution < -0.4 is 10.6 Å². The Balaban J connectivity index is 1.95. The van der Waals surface area contributed by atoms with Gasteiger partial charge in [-0.05, 0) is 20.8 Å². The fourth-order valence-corrected chi connectivity index (χ4v) is 1.97. The Labute approximate surface area is 135 Å². The van der Waals surface area contributed by atoms with Gasteiger partial charge in [0, 0.05) is 32.7 Å². The lowest BCUT2D eigenvalue weighted by Gasteiger charge is -2.20. The zero-order valence-electron chi connectivity index (χ0n) is 14.1. The number of carbonyl (C=O) groups is 1. The van der Waals surface area contributed by atoms with E-state index in [1.807, 2.05) is 27.8 Å². The van der Waals surface area contributed by atoms with Crippen molar-refractivity contribution in [1.29, 1.82) is 0 Å². The number of nitrogens with zero attached hydrogens (tertiary/aromatic N) is 5. The lowest BCUT2D eigenvalue weighted by Crippen LogP contribution is -2.28. The Kier molecular flexibility index (Phi) is 4.99. The topological polar surface area (TPSA) is 98.9 Å². The maximum Gasteiger partial charge on any atom is 0.413 e. The standard InChI is InChI=1S/C14H23N7O2/c1-14(2,3)23-13(22)18-12-10(7-17-21(12)5)6-15-8-11-9-16-19-20(11)4/h7,9,15H,6,8H2,1-5H3,(H,18,22). The van der Waals surface area contributed by atoms with Crippen molar-refractivity contribution in [3.05, 3.63) is 23.7 Å². The van der Waals surface area contributed by atoms with Crippen molar-refractivity contribution in [2.24, 2.45) is 14.1 Å². The highest BCUT2D eigenvalue weighted by Gasteiger charge is 2.19. The number of anilines is 1. The summed E-state index contributed by atoms with van der Waals surface area (Å²) in [6.45, 7) is 6.62. The smallest absolute Gasteiger partial charge is 0.413 e. The second-order valence-corrected chi connectivity index (χ2v) is 6.22. The number of hydrogen-bond acceptors (Lipinski definition) is 6. The number of rotatable bonds is 5. The molecule has 0 fully saturated rings. The van der Waals surface area contributed by atoms with Gasteiger partial charge in [-0.1, -0.05) is 5.21 Å². The van der Waals surface area contributed by atoms with Crippen LogP contribution in [0.2, 0.25) is 0 Å². The summed E-state index contributed by atoms with van der Waals surface area (Å²) in [5.41, 5.74) is 1.29. The van der Waals surface area contributed by atoms with Crippen LogP contribution in [0.5, 0.6) is 0 Å². The SMILES string of the molecule is Cn1nncc1CNCc1cnn(C)c1NC(=O)OC(C)(C)C. The number of ether oxygens (including phenoxy) is 1. The van der Waals surface area contributed by atoms with Gasteiger partial charge in [0.1, 0.15) is 11.4 Å². The van der Waals surface area contributed by atoms with E-state index in [1.165, 1.54) is 0 Å². The van der Waals surface area contributed by atoms with Crippen molar-refractivity contribution in [3.8, 4) is 0 Å². The predicted octanol–water partition coefficient (Wildman–Crippen LogP) is 1.19. The van der Waals surface area contributed by atoms with Gasteiger partial charge in [-0.3, -0.25) is 14.7 Å².